The molecule has 0 saturated heterocycles. The number of nitrogens with one attached hydrogen (secondary N) is 3. The fourth-order valence-electron chi connectivity index (χ4n) is 7.22. The molecule has 1 aliphatic rings. The molecule has 12 heteroatoms. The Bertz CT molecular complexity index is 1470. The third kappa shape index (κ3) is 16.2. The summed E-state index contributed by atoms with van der Waals surface area (Å²) in [6.45, 7) is 15.7. The Hall–Kier alpha value is -4.09. The fraction of sp³-hybridized carbons (Fsp3) is 0.705. The monoisotopic (exact) mass is 783 g/mol. The zero-order chi connectivity index (χ0) is 42.2. The number of benzene rings is 1. The van der Waals surface area contributed by atoms with Crippen LogP contribution >= 0.6 is 0 Å². The first kappa shape index (κ1) is 48.1. The van der Waals surface area contributed by atoms with E-state index in [0.29, 0.717) is 44.9 Å². The van der Waals surface area contributed by atoms with Gasteiger partial charge in [0.15, 0.2) is 11.6 Å². The number of carbonyl (C=O) groups is 7. The lowest BCUT2D eigenvalue weighted by atomic mass is 9.78. The number of ketones is 3. The molecule has 1 aromatic carbocycles. The van der Waals surface area contributed by atoms with Crippen LogP contribution < -0.4 is 16.0 Å². The Morgan fingerprint density at radius 3 is 2.11 bits per heavy atom. The lowest BCUT2D eigenvalue weighted by Gasteiger charge is -2.32. The van der Waals surface area contributed by atoms with Crippen LogP contribution in [0.15, 0.2) is 30.3 Å². The second-order valence-electron chi connectivity index (χ2n) is 17.7. The molecule has 56 heavy (non-hydrogen) atoms. The first-order valence-corrected chi connectivity index (χ1v) is 20.6. The largest absolute Gasteiger partial charge is 0.449 e. The van der Waals surface area contributed by atoms with E-state index in [1.165, 1.54) is 0 Å². The van der Waals surface area contributed by atoms with Crippen molar-refractivity contribution in [1.82, 2.24) is 20.9 Å². The number of likely N-dealkylation sites (N-methyl/N-ethyl adjacent to an activating group) is 1. The van der Waals surface area contributed by atoms with E-state index in [1.807, 2.05) is 71.9 Å². The number of nitrogens with zero attached hydrogens (tertiary/aromatic N) is 1. The summed E-state index contributed by atoms with van der Waals surface area (Å²) in [5, 5.41) is 8.29. The molecular weight excluding hydrogens is 713 g/mol. The van der Waals surface area contributed by atoms with Gasteiger partial charge in [-0.3, -0.25) is 28.8 Å². The molecule has 1 aliphatic carbocycles. The average Bonchev–Trinajstić information content (AvgIpc) is 3.33. The van der Waals surface area contributed by atoms with E-state index in [0.717, 1.165) is 12.0 Å². The summed E-state index contributed by atoms with van der Waals surface area (Å²) in [7, 11) is 3.41. The SMILES string of the molecule is CCC(CNC(=O)[C@H]1CCC(CC(=O)[C@@H](NC(=O)OCC(C)C)C(C)(C)C)[C@@H](C)CC1)CC(=O)C(=O)NCC(=O)C(C)CC[C@H](C(=O)N(C)C)c1ccccc1. The molecule has 2 rings (SSSR count). The predicted molar refractivity (Wildman–Crippen MR) is 218 cm³/mol. The van der Waals surface area contributed by atoms with Crippen LogP contribution in [-0.2, 0) is 33.5 Å². The Kier molecular flexibility index (Phi) is 19.9. The summed E-state index contributed by atoms with van der Waals surface area (Å²) in [4.78, 5) is 92.2. The molecule has 3 unspecified atom stereocenters. The topological polar surface area (TPSA) is 168 Å². The van der Waals surface area contributed by atoms with Crippen molar-refractivity contribution in [2.24, 2.45) is 40.9 Å². The van der Waals surface area contributed by atoms with Gasteiger partial charge in [-0.05, 0) is 73.2 Å². The molecule has 1 fully saturated rings. The summed E-state index contributed by atoms with van der Waals surface area (Å²) < 4.78 is 5.29. The van der Waals surface area contributed by atoms with Gasteiger partial charge in [0, 0.05) is 45.3 Å². The molecule has 0 spiro atoms. The van der Waals surface area contributed by atoms with Crippen molar-refractivity contribution in [1.29, 1.82) is 0 Å². The Balaban J connectivity index is 1.84. The van der Waals surface area contributed by atoms with Crippen LogP contribution in [0.2, 0.25) is 0 Å². The second-order valence-corrected chi connectivity index (χ2v) is 17.7. The quantitative estimate of drug-likeness (QED) is 0.0971. The van der Waals surface area contributed by atoms with Gasteiger partial charge in [0.1, 0.15) is 0 Å². The smallest absolute Gasteiger partial charge is 0.407 e. The predicted octanol–water partition coefficient (Wildman–Crippen LogP) is 6.26. The summed E-state index contributed by atoms with van der Waals surface area (Å²) >= 11 is 0. The van der Waals surface area contributed by atoms with Crippen LogP contribution in [0.4, 0.5) is 4.79 Å². The van der Waals surface area contributed by atoms with E-state index in [4.69, 9.17) is 4.74 Å². The van der Waals surface area contributed by atoms with E-state index in [-0.39, 0.29) is 85.0 Å². The van der Waals surface area contributed by atoms with Gasteiger partial charge in [-0.1, -0.05) is 92.1 Å². The number of carbonyl (C=O) groups excluding carboxylic acids is 7. The second kappa shape index (κ2) is 23.2. The molecule has 0 radical (unpaired) electrons. The zero-order valence-corrected chi connectivity index (χ0v) is 35.7. The average molecular weight is 783 g/mol. The van der Waals surface area contributed by atoms with E-state index in [9.17, 15) is 33.6 Å². The van der Waals surface area contributed by atoms with Crippen molar-refractivity contribution in [2.45, 2.75) is 125 Å². The van der Waals surface area contributed by atoms with Gasteiger partial charge in [-0.2, -0.15) is 0 Å². The van der Waals surface area contributed by atoms with Gasteiger partial charge in [-0.25, -0.2) is 4.79 Å². The van der Waals surface area contributed by atoms with Crippen LogP contribution in [0.3, 0.4) is 0 Å². The number of amides is 4. The van der Waals surface area contributed by atoms with E-state index >= 15 is 0 Å². The normalized spacial score (nSPS) is 19.4. The minimum Gasteiger partial charge on any atom is -0.449 e. The maximum absolute atomic E-state index is 13.6. The minimum absolute atomic E-state index is 0.0394. The highest BCUT2D eigenvalue weighted by atomic mass is 16.5. The number of alkyl carbamates (subject to hydrolysis) is 1. The molecule has 1 saturated carbocycles. The molecular formula is C44H70N4O8. The van der Waals surface area contributed by atoms with Gasteiger partial charge < -0.3 is 25.6 Å². The van der Waals surface area contributed by atoms with E-state index < -0.39 is 35.2 Å². The van der Waals surface area contributed by atoms with Crippen molar-refractivity contribution in [3.63, 3.8) is 0 Å². The number of Topliss-reactive ketones (excluding diaryl/α,β-unsaturated/α-hetero) is 3. The van der Waals surface area contributed by atoms with Crippen LogP contribution in [0.1, 0.15) is 125 Å². The summed E-state index contributed by atoms with van der Waals surface area (Å²) in [5.74, 6) is -2.66. The fourth-order valence-corrected chi connectivity index (χ4v) is 7.22. The Labute approximate surface area is 335 Å². The number of rotatable bonds is 21. The van der Waals surface area contributed by atoms with Gasteiger partial charge in [0.05, 0.1) is 25.1 Å². The van der Waals surface area contributed by atoms with Crippen LogP contribution in [0, 0.1) is 40.9 Å². The van der Waals surface area contributed by atoms with Crippen molar-refractivity contribution in [2.75, 3.05) is 33.8 Å². The van der Waals surface area contributed by atoms with Gasteiger partial charge in [0.25, 0.3) is 5.91 Å². The molecule has 1 aromatic rings. The molecule has 12 nitrogen and oxygen atoms in total. The standard InChI is InChI=1S/C44H70N4O8/c1-11-31(23-37(50)41(53)46-26-38(51)30(5)18-22-35(42(54)48(9)10)32-15-13-12-14-16-32)25-45-40(52)33-19-17-29(4)34(21-20-33)24-36(49)39(44(6,7)8)47-43(55)56-27-28(2)3/h12-16,28-31,33-35,39H,11,17-27H2,1-10H3,(H,45,52)(H,46,53)(H,47,55)/t29-,30?,31?,33+,34?,35-,39+/m0/s1. The molecule has 0 aliphatic heterocycles. The maximum Gasteiger partial charge on any atom is 0.407 e. The molecule has 3 N–H and O–H groups in total. The van der Waals surface area contributed by atoms with Crippen molar-refractivity contribution >= 4 is 41.2 Å². The summed E-state index contributed by atoms with van der Waals surface area (Å²) in [6, 6.07) is 8.75. The summed E-state index contributed by atoms with van der Waals surface area (Å²) in [5.41, 5.74) is 0.385. The van der Waals surface area contributed by atoms with E-state index in [2.05, 4.69) is 22.9 Å². The van der Waals surface area contributed by atoms with Crippen LogP contribution in [-0.4, -0.2) is 85.9 Å². The third-order valence-electron chi connectivity index (χ3n) is 11.2. The number of hydrogen-bond acceptors (Lipinski definition) is 8. The van der Waals surface area contributed by atoms with Gasteiger partial charge in [-0.15, -0.1) is 0 Å². The molecule has 314 valence electrons. The first-order chi connectivity index (χ1) is 26.2. The molecule has 0 aromatic heterocycles. The van der Waals surface area contributed by atoms with Gasteiger partial charge in [0.2, 0.25) is 17.6 Å². The third-order valence-corrected chi connectivity index (χ3v) is 11.2. The highest BCUT2D eigenvalue weighted by Crippen LogP contribution is 2.35. The lowest BCUT2D eigenvalue weighted by molar-refractivity contribution is -0.139. The zero-order valence-electron chi connectivity index (χ0n) is 35.7. The first-order valence-electron chi connectivity index (χ1n) is 20.6. The molecule has 0 heterocycles. The van der Waals surface area contributed by atoms with Crippen molar-refractivity contribution < 1.29 is 38.3 Å². The highest BCUT2D eigenvalue weighted by Gasteiger charge is 2.37. The maximum atomic E-state index is 13.6. The van der Waals surface area contributed by atoms with Crippen LogP contribution in [0.25, 0.3) is 0 Å². The number of hydrogen-bond donors (Lipinski definition) is 3. The van der Waals surface area contributed by atoms with Gasteiger partial charge >= 0.3 is 6.09 Å². The Morgan fingerprint density at radius 2 is 1.52 bits per heavy atom. The van der Waals surface area contributed by atoms with E-state index in [1.54, 1.807) is 25.9 Å². The summed E-state index contributed by atoms with van der Waals surface area (Å²) in [6.07, 6.45) is 3.95. The molecule has 7 atom stereocenters. The minimum atomic E-state index is -0.824. The van der Waals surface area contributed by atoms with Crippen LogP contribution in [0.5, 0.6) is 0 Å². The highest BCUT2D eigenvalue weighted by molar-refractivity contribution is 6.36. The number of ether oxygens (including phenoxy) is 1. The lowest BCUT2D eigenvalue weighted by Crippen LogP contribution is -2.50. The molecule has 0 bridgehead atoms. The molecule has 4 amide bonds. The Morgan fingerprint density at radius 1 is 0.875 bits per heavy atom. The van der Waals surface area contributed by atoms with Crippen molar-refractivity contribution in [3.8, 4) is 0 Å². The van der Waals surface area contributed by atoms with Crippen molar-refractivity contribution in [3.05, 3.63) is 35.9 Å².